The lowest BCUT2D eigenvalue weighted by Crippen LogP contribution is -2.49. The zero-order valence-electron chi connectivity index (χ0n) is 18.1. The highest BCUT2D eigenvalue weighted by Gasteiger charge is 2.31. The third kappa shape index (κ3) is 6.59. The SMILES string of the molecule is CS(=O)(=O)N(CCCC(=O)N1CCN(c2cccc(C(F)(F)F)c2)CC1)c1ccc(F)cc1. The molecule has 1 fully saturated rings. The molecule has 0 N–H and O–H groups in total. The van der Waals surface area contributed by atoms with Gasteiger partial charge in [0.25, 0.3) is 0 Å². The van der Waals surface area contributed by atoms with Crippen LogP contribution in [0, 0.1) is 5.82 Å². The Morgan fingerprint density at radius 2 is 1.67 bits per heavy atom. The van der Waals surface area contributed by atoms with Crippen molar-refractivity contribution < 1.29 is 30.8 Å². The number of hydrogen-bond donors (Lipinski definition) is 0. The zero-order valence-corrected chi connectivity index (χ0v) is 18.9. The quantitative estimate of drug-likeness (QED) is 0.559. The van der Waals surface area contributed by atoms with Gasteiger partial charge in [-0.15, -0.1) is 0 Å². The second kappa shape index (κ2) is 9.98. The summed E-state index contributed by atoms with van der Waals surface area (Å²) in [5.74, 6) is -0.627. The van der Waals surface area contributed by atoms with Crippen LogP contribution in [0.15, 0.2) is 48.5 Å². The highest BCUT2D eigenvalue weighted by molar-refractivity contribution is 7.92. The molecule has 1 aliphatic rings. The molecule has 0 radical (unpaired) electrons. The van der Waals surface area contributed by atoms with E-state index < -0.39 is 27.6 Å². The molecule has 180 valence electrons. The monoisotopic (exact) mass is 487 g/mol. The van der Waals surface area contributed by atoms with Crippen molar-refractivity contribution in [2.45, 2.75) is 19.0 Å². The first-order chi connectivity index (χ1) is 15.4. The number of hydrogen-bond acceptors (Lipinski definition) is 4. The fraction of sp³-hybridized carbons (Fsp3) is 0.409. The maximum atomic E-state index is 13.1. The van der Waals surface area contributed by atoms with E-state index in [0.29, 0.717) is 37.6 Å². The molecule has 2 aromatic carbocycles. The Bertz CT molecular complexity index is 1070. The van der Waals surface area contributed by atoms with E-state index in [1.807, 2.05) is 0 Å². The fourth-order valence-corrected chi connectivity index (χ4v) is 4.68. The van der Waals surface area contributed by atoms with Crippen LogP contribution in [0.3, 0.4) is 0 Å². The van der Waals surface area contributed by atoms with Gasteiger partial charge in [0.2, 0.25) is 15.9 Å². The molecule has 11 heteroatoms. The second-order valence-electron chi connectivity index (χ2n) is 7.83. The Labute approximate surface area is 190 Å². The maximum absolute atomic E-state index is 13.1. The number of alkyl halides is 3. The molecule has 1 saturated heterocycles. The van der Waals surface area contributed by atoms with E-state index in [0.717, 1.165) is 22.7 Å². The van der Waals surface area contributed by atoms with Crippen molar-refractivity contribution in [2.75, 3.05) is 48.2 Å². The standard InChI is InChI=1S/C22H25F4N3O3S/c1-33(31,32)29(19-9-7-18(23)8-10-19)11-3-6-21(30)28-14-12-27(13-15-28)20-5-2-4-17(16-20)22(24,25)26/h2,4-5,7-10,16H,3,6,11-15H2,1H3. The van der Waals surface area contributed by atoms with Crippen molar-refractivity contribution in [3.63, 3.8) is 0 Å². The molecular formula is C22H25F4N3O3S. The normalized spacial score (nSPS) is 14.9. The molecular weight excluding hydrogens is 462 g/mol. The summed E-state index contributed by atoms with van der Waals surface area (Å²) < 4.78 is 77.3. The number of sulfonamides is 1. The summed E-state index contributed by atoms with van der Waals surface area (Å²) in [5, 5.41) is 0. The number of carbonyl (C=O) groups excluding carboxylic acids is 1. The van der Waals surface area contributed by atoms with Gasteiger partial charge in [0, 0.05) is 44.8 Å². The number of nitrogens with zero attached hydrogens (tertiary/aromatic N) is 3. The van der Waals surface area contributed by atoms with Gasteiger partial charge in [0.15, 0.2) is 0 Å². The molecule has 1 amide bonds. The van der Waals surface area contributed by atoms with Crippen LogP contribution in [0.2, 0.25) is 0 Å². The van der Waals surface area contributed by atoms with Crippen molar-refractivity contribution in [3.8, 4) is 0 Å². The summed E-state index contributed by atoms with van der Waals surface area (Å²) in [6.45, 7) is 1.60. The van der Waals surface area contributed by atoms with E-state index in [1.54, 1.807) is 15.9 Å². The van der Waals surface area contributed by atoms with Crippen LogP contribution in [0.1, 0.15) is 18.4 Å². The predicted octanol–water partition coefficient (Wildman–Crippen LogP) is 3.74. The molecule has 33 heavy (non-hydrogen) atoms. The van der Waals surface area contributed by atoms with E-state index in [2.05, 4.69) is 0 Å². The summed E-state index contributed by atoms with van der Waals surface area (Å²) in [6.07, 6.45) is -2.97. The van der Waals surface area contributed by atoms with E-state index >= 15 is 0 Å². The molecule has 0 saturated carbocycles. The molecule has 0 bridgehead atoms. The Hall–Kier alpha value is -2.82. The highest BCUT2D eigenvalue weighted by Crippen LogP contribution is 2.32. The van der Waals surface area contributed by atoms with Crippen molar-refractivity contribution in [2.24, 2.45) is 0 Å². The van der Waals surface area contributed by atoms with Gasteiger partial charge in [-0.3, -0.25) is 9.10 Å². The Morgan fingerprint density at radius 3 is 2.24 bits per heavy atom. The topological polar surface area (TPSA) is 60.9 Å². The van der Waals surface area contributed by atoms with Gasteiger partial charge in [-0.2, -0.15) is 13.2 Å². The fourth-order valence-electron chi connectivity index (χ4n) is 3.72. The number of benzene rings is 2. The van der Waals surface area contributed by atoms with Crippen LogP contribution in [0.4, 0.5) is 28.9 Å². The van der Waals surface area contributed by atoms with E-state index in [4.69, 9.17) is 0 Å². The van der Waals surface area contributed by atoms with Crippen LogP contribution in [-0.4, -0.2) is 58.2 Å². The van der Waals surface area contributed by atoms with Crippen LogP contribution < -0.4 is 9.21 Å². The van der Waals surface area contributed by atoms with Gasteiger partial charge in [0.1, 0.15) is 5.82 Å². The molecule has 2 aromatic rings. The predicted molar refractivity (Wildman–Crippen MR) is 118 cm³/mol. The zero-order chi connectivity index (χ0) is 24.2. The van der Waals surface area contributed by atoms with Gasteiger partial charge in [-0.05, 0) is 48.9 Å². The van der Waals surface area contributed by atoms with Crippen molar-refractivity contribution in [1.82, 2.24) is 4.90 Å². The van der Waals surface area contributed by atoms with Crippen LogP contribution >= 0.6 is 0 Å². The van der Waals surface area contributed by atoms with Gasteiger partial charge in [-0.25, -0.2) is 12.8 Å². The minimum atomic E-state index is -4.42. The molecule has 0 aromatic heterocycles. The number of amides is 1. The highest BCUT2D eigenvalue weighted by atomic mass is 32.2. The van der Waals surface area contributed by atoms with Gasteiger partial charge in [0.05, 0.1) is 17.5 Å². The minimum absolute atomic E-state index is 0.0698. The summed E-state index contributed by atoms with van der Waals surface area (Å²) in [6, 6.07) is 10.2. The van der Waals surface area contributed by atoms with E-state index in [1.165, 1.54) is 30.3 Å². The first-order valence-corrected chi connectivity index (χ1v) is 12.2. The lowest BCUT2D eigenvalue weighted by Gasteiger charge is -2.36. The molecule has 0 spiro atoms. The Balaban J connectivity index is 1.52. The average Bonchev–Trinajstić information content (AvgIpc) is 2.76. The lowest BCUT2D eigenvalue weighted by molar-refractivity contribution is -0.137. The molecule has 0 aliphatic carbocycles. The third-order valence-electron chi connectivity index (χ3n) is 5.44. The number of halogens is 4. The number of piperazine rings is 1. The molecule has 1 aliphatic heterocycles. The molecule has 6 nitrogen and oxygen atoms in total. The number of anilines is 2. The summed E-state index contributed by atoms with van der Waals surface area (Å²) >= 11 is 0. The van der Waals surface area contributed by atoms with Gasteiger partial charge < -0.3 is 9.80 Å². The largest absolute Gasteiger partial charge is 0.416 e. The maximum Gasteiger partial charge on any atom is 0.416 e. The lowest BCUT2D eigenvalue weighted by atomic mass is 10.1. The number of carbonyl (C=O) groups is 1. The minimum Gasteiger partial charge on any atom is -0.368 e. The summed E-state index contributed by atoms with van der Waals surface area (Å²) in [4.78, 5) is 16.0. The van der Waals surface area contributed by atoms with Crippen LogP contribution in [0.5, 0.6) is 0 Å². The van der Waals surface area contributed by atoms with E-state index in [9.17, 15) is 30.8 Å². The van der Waals surface area contributed by atoms with Gasteiger partial charge in [-0.1, -0.05) is 6.07 Å². The van der Waals surface area contributed by atoms with Gasteiger partial charge >= 0.3 is 6.18 Å². The van der Waals surface area contributed by atoms with Crippen molar-refractivity contribution >= 4 is 27.3 Å². The Kier molecular flexibility index (Phi) is 7.51. The third-order valence-corrected chi connectivity index (χ3v) is 6.63. The first kappa shape index (κ1) is 24.8. The first-order valence-electron chi connectivity index (χ1n) is 10.4. The number of rotatable bonds is 7. The molecule has 0 unspecified atom stereocenters. The van der Waals surface area contributed by atoms with Crippen LogP contribution in [-0.2, 0) is 21.0 Å². The molecule has 0 atom stereocenters. The second-order valence-corrected chi connectivity index (χ2v) is 9.74. The van der Waals surface area contributed by atoms with E-state index in [-0.39, 0.29) is 25.3 Å². The average molecular weight is 488 g/mol. The van der Waals surface area contributed by atoms with Crippen LogP contribution in [0.25, 0.3) is 0 Å². The summed E-state index contributed by atoms with van der Waals surface area (Å²) in [5.41, 5.74) is 0.0659. The Morgan fingerprint density at radius 1 is 1.03 bits per heavy atom. The molecule has 3 rings (SSSR count). The molecule has 1 heterocycles. The summed E-state index contributed by atoms with van der Waals surface area (Å²) in [7, 11) is -3.61. The van der Waals surface area contributed by atoms with Crippen molar-refractivity contribution in [1.29, 1.82) is 0 Å². The van der Waals surface area contributed by atoms with Crippen molar-refractivity contribution in [3.05, 3.63) is 59.9 Å². The smallest absolute Gasteiger partial charge is 0.368 e.